The van der Waals surface area contributed by atoms with Gasteiger partial charge in [0.25, 0.3) is 5.78 Å². The number of hydrogen-bond donors (Lipinski definition) is 2. The van der Waals surface area contributed by atoms with Gasteiger partial charge in [0.2, 0.25) is 9.84 Å². The van der Waals surface area contributed by atoms with Gasteiger partial charge in [0, 0.05) is 22.5 Å². The van der Waals surface area contributed by atoms with Crippen molar-refractivity contribution in [2.45, 2.75) is 16.6 Å². The number of Topliss-reactive ketones (excluding diaryl/α,β-unsaturated/α-hetero) is 1. The van der Waals surface area contributed by atoms with E-state index in [2.05, 4.69) is 20.4 Å². The molecule has 1 aliphatic rings. The van der Waals surface area contributed by atoms with Crippen molar-refractivity contribution in [2.24, 2.45) is 0 Å². The summed E-state index contributed by atoms with van der Waals surface area (Å²) >= 11 is 6.13. The Balaban J connectivity index is 1.85. The molecule has 1 aromatic heterocycles. The molecule has 3 aromatic rings. The summed E-state index contributed by atoms with van der Waals surface area (Å²) in [5.74, 6) is -3.16. The molecule has 1 atom stereocenters. The molecule has 1 unspecified atom stereocenters. The number of alkyl halides is 3. The second kappa shape index (κ2) is 10.2. The maximum absolute atomic E-state index is 13.3. The summed E-state index contributed by atoms with van der Waals surface area (Å²) in [4.78, 5) is 28.4. The number of fused-ring (bicyclic) bond motifs is 1. The van der Waals surface area contributed by atoms with Crippen molar-refractivity contribution in [2.75, 3.05) is 32.2 Å². The molecule has 0 spiro atoms. The molecule has 0 amide bonds. The van der Waals surface area contributed by atoms with Crippen LogP contribution in [0.1, 0.15) is 20.7 Å². The molecule has 1 saturated heterocycles. The third-order valence-electron chi connectivity index (χ3n) is 5.51. The molecular formula is C23H19ClF3N3O6S. The number of esters is 1. The number of benzene rings is 2. The zero-order valence-electron chi connectivity index (χ0n) is 19.1. The van der Waals surface area contributed by atoms with Crippen LogP contribution in [0.25, 0.3) is 10.9 Å². The first-order chi connectivity index (χ1) is 17.4. The molecule has 1 aliphatic heterocycles. The second-order valence-corrected chi connectivity index (χ2v) is 10.4. The quantitative estimate of drug-likeness (QED) is 0.343. The van der Waals surface area contributed by atoms with Crippen molar-refractivity contribution in [1.29, 1.82) is 0 Å². The summed E-state index contributed by atoms with van der Waals surface area (Å²) in [6, 6.07) is 8.47. The van der Waals surface area contributed by atoms with Crippen LogP contribution in [0.4, 0.5) is 24.5 Å². The highest BCUT2D eigenvalue weighted by Crippen LogP contribution is 2.33. The monoisotopic (exact) mass is 557 g/mol. The second-order valence-electron chi connectivity index (χ2n) is 7.94. The molecule has 0 radical (unpaired) electrons. The maximum atomic E-state index is 13.3. The molecule has 2 heterocycles. The lowest BCUT2D eigenvalue weighted by molar-refractivity contribution is -0.0885. The van der Waals surface area contributed by atoms with E-state index in [1.807, 2.05) is 0 Å². The number of anilines is 2. The largest absolute Gasteiger partial charge is 0.465 e. The number of methoxy groups -OCH3 is 1. The number of sulfone groups is 1. The number of morpholine rings is 1. The van der Waals surface area contributed by atoms with Crippen molar-refractivity contribution < 1.29 is 40.7 Å². The molecule has 1 fully saturated rings. The normalized spacial score (nSPS) is 16.4. The molecule has 14 heteroatoms. The van der Waals surface area contributed by atoms with Crippen molar-refractivity contribution in [3.8, 4) is 0 Å². The summed E-state index contributed by atoms with van der Waals surface area (Å²) in [5.41, 5.74) is -0.805. The van der Waals surface area contributed by atoms with Crippen LogP contribution in [0, 0.1) is 0 Å². The van der Waals surface area contributed by atoms with E-state index in [0.717, 1.165) is 25.3 Å². The zero-order chi connectivity index (χ0) is 27.0. The Kier molecular flexibility index (Phi) is 7.42. The molecule has 9 nitrogen and oxygen atoms in total. The molecule has 37 heavy (non-hydrogen) atoms. The van der Waals surface area contributed by atoms with E-state index in [-0.39, 0.29) is 34.1 Å². The Morgan fingerprint density at radius 2 is 1.92 bits per heavy atom. The lowest BCUT2D eigenvalue weighted by Crippen LogP contribution is -2.46. The fourth-order valence-corrected chi connectivity index (χ4v) is 5.28. The molecule has 196 valence electrons. The Labute approximate surface area is 213 Å². The number of nitrogens with zero attached hydrogens (tertiary/aromatic N) is 1. The van der Waals surface area contributed by atoms with E-state index in [1.165, 1.54) is 24.3 Å². The molecule has 0 bridgehead atoms. The zero-order valence-corrected chi connectivity index (χ0v) is 20.6. The number of aromatic nitrogens is 1. The third-order valence-corrected chi connectivity index (χ3v) is 7.59. The minimum Gasteiger partial charge on any atom is -0.465 e. The number of hydrogen-bond acceptors (Lipinski definition) is 9. The molecular weight excluding hydrogens is 539 g/mol. The molecule has 2 aromatic carbocycles. The Morgan fingerprint density at radius 1 is 1.16 bits per heavy atom. The maximum Gasteiger partial charge on any atom is 0.454 e. The number of nitrogens with one attached hydrogen (secondary N) is 2. The molecule has 2 N–H and O–H groups in total. The number of carbonyl (C=O) groups excluding carboxylic acids is 2. The number of halogens is 4. The van der Waals surface area contributed by atoms with Gasteiger partial charge in [-0.2, -0.15) is 13.2 Å². The number of rotatable bonds is 6. The lowest BCUT2D eigenvalue weighted by Gasteiger charge is -2.24. The summed E-state index contributed by atoms with van der Waals surface area (Å²) in [6.07, 6.45) is -5.15. The van der Waals surface area contributed by atoms with Crippen LogP contribution in [-0.2, 0) is 19.3 Å². The van der Waals surface area contributed by atoms with Crippen LogP contribution in [0.2, 0.25) is 5.02 Å². The fourth-order valence-electron chi connectivity index (χ4n) is 3.69. The third kappa shape index (κ3) is 5.54. The highest BCUT2D eigenvalue weighted by molar-refractivity contribution is 7.92. The number of ketones is 1. The fraction of sp³-hybridized carbons (Fsp3) is 0.261. The van der Waals surface area contributed by atoms with Gasteiger partial charge in [-0.15, -0.1) is 0 Å². The first-order valence-corrected chi connectivity index (χ1v) is 12.6. The summed E-state index contributed by atoms with van der Waals surface area (Å²) in [5, 5.41) is 5.04. The smallest absolute Gasteiger partial charge is 0.454 e. The first kappa shape index (κ1) is 26.8. The van der Waals surface area contributed by atoms with E-state index >= 15 is 0 Å². The predicted octanol–water partition coefficient (Wildman–Crippen LogP) is 3.88. The van der Waals surface area contributed by atoms with Gasteiger partial charge in [-0.1, -0.05) is 11.6 Å². The highest BCUT2D eigenvalue weighted by atomic mass is 35.5. The van der Waals surface area contributed by atoms with Gasteiger partial charge < -0.3 is 14.8 Å². The van der Waals surface area contributed by atoms with Crippen LogP contribution in [0.5, 0.6) is 0 Å². The van der Waals surface area contributed by atoms with E-state index in [1.54, 1.807) is 0 Å². The predicted molar refractivity (Wildman–Crippen MR) is 128 cm³/mol. The number of carbonyl (C=O) groups is 2. The van der Waals surface area contributed by atoms with E-state index < -0.39 is 38.7 Å². The van der Waals surface area contributed by atoms with Gasteiger partial charge in [-0.3, -0.25) is 10.1 Å². The van der Waals surface area contributed by atoms with Gasteiger partial charge in [0.15, 0.2) is 5.03 Å². The van der Waals surface area contributed by atoms with Crippen molar-refractivity contribution >= 4 is 55.5 Å². The minimum absolute atomic E-state index is 0.0412. The van der Waals surface area contributed by atoms with Gasteiger partial charge in [-0.25, -0.2) is 18.2 Å². The van der Waals surface area contributed by atoms with E-state index in [9.17, 15) is 31.2 Å². The summed E-state index contributed by atoms with van der Waals surface area (Å²) < 4.78 is 75.3. The van der Waals surface area contributed by atoms with E-state index in [0.29, 0.717) is 23.6 Å². The van der Waals surface area contributed by atoms with Gasteiger partial charge in [0.1, 0.15) is 5.37 Å². The minimum atomic E-state index is -5.15. The Bertz CT molecular complexity index is 1490. The van der Waals surface area contributed by atoms with Crippen molar-refractivity contribution in [3.63, 3.8) is 0 Å². The van der Waals surface area contributed by atoms with Gasteiger partial charge in [-0.05, 0) is 42.5 Å². The number of pyridine rings is 1. The first-order valence-electron chi connectivity index (χ1n) is 10.7. The lowest BCUT2D eigenvalue weighted by atomic mass is 10.0. The molecule has 4 rings (SSSR count). The van der Waals surface area contributed by atoms with Crippen LogP contribution >= 0.6 is 11.6 Å². The molecule has 0 saturated carbocycles. The SMILES string of the molecule is COC(=O)c1cc(C(=O)C(F)(F)F)ccc1Nc1cc(S(=O)(=O)C2COCCN2)nc2ccc(Cl)cc12. The van der Waals surface area contributed by atoms with Crippen LogP contribution in [0.15, 0.2) is 47.5 Å². The van der Waals surface area contributed by atoms with E-state index in [4.69, 9.17) is 16.3 Å². The molecule has 0 aliphatic carbocycles. The summed E-state index contributed by atoms with van der Waals surface area (Å²) in [6.45, 7) is 0.585. The topological polar surface area (TPSA) is 124 Å². The number of ether oxygens (including phenoxy) is 2. The van der Waals surface area contributed by atoms with Crippen LogP contribution in [0.3, 0.4) is 0 Å². The Hall–Kier alpha value is -3.26. The van der Waals surface area contributed by atoms with Crippen LogP contribution in [-0.4, -0.2) is 63.6 Å². The Morgan fingerprint density at radius 3 is 2.57 bits per heavy atom. The van der Waals surface area contributed by atoms with Gasteiger partial charge >= 0.3 is 12.1 Å². The van der Waals surface area contributed by atoms with Crippen molar-refractivity contribution in [1.82, 2.24) is 10.3 Å². The standard InChI is InChI=1S/C23H19ClF3N3O6S/c1-35-22(32)15-8-12(21(31)23(25,26)27)2-4-17(15)29-18-10-19(30-16-5-3-13(24)9-14(16)18)37(33,34)20-11-36-7-6-28-20/h2-5,8-10,20,28H,6-7,11H2,1H3,(H,29,30). The average molecular weight is 558 g/mol. The van der Waals surface area contributed by atoms with Crippen LogP contribution < -0.4 is 10.6 Å². The van der Waals surface area contributed by atoms with Gasteiger partial charge in [0.05, 0.1) is 42.8 Å². The average Bonchev–Trinajstić information content (AvgIpc) is 2.88. The highest BCUT2D eigenvalue weighted by Gasteiger charge is 2.39. The van der Waals surface area contributed by atoms with Crippen molar-refractivity contribution in [3.05, 3.63) is 58.6 Å². The summed E-state index contributed by atoms with van der Waals surface area (Å²) in [7, 11) is -3.00.